The Balaban J connectivity index is -0.00000000800. The average Bonchev–Trinajstić information content (AvgIpc) is 1.25. The van der Waals surface area contributed by atoms with Crippen LogP contribution in [-0.2, 0) is 38.4 Å². The predicted molar refractivity (Wildman–Crippen MR) is 40.2 cm³/mol. The molecule has 0 radical (unpaired) electrons. The van der Waals surface area contributed by atoms with Crippen LogP contribution < -0.4 is 0 Å². The predicted octanol–water partition coefficient (Wildman–Crippen LogP) is -4.17. The topological polar surface area (TPSA) is 264 Å². The first-order valence-electron chi connectivity index (χ1n) is 1.10. The fourth-order valence-electron chi connectivity index (χ4n) is 0. The van der Waals surface area contributed by atoms with Crippen molar-refractivity contribution in [2.24, 2.45) is 0 Å². The Kier molecular flexibility index (Phi) is 211. The first-order valence-corrected chi connectivity index (χ1v) is 1.10. The summed E-state index contributed by atoms with van der Waals surface area (Å²) in [6, 6.07) is 0. The van der Waals surface area contributed by atoms with Gasteiger partial charge in [-0.15, -0.1) is 0 Å². The van der Waals surface area contributed by atoms with Crippen molar-refractivity contribution in [3.8, 4) is 0 Å². The normalized spacial score (nSPS) is 3.69. The van der Waals surface area contributed by atoms with Gasteiger partial charge in [-0.05, 0) is 0 Å². The van der Waals surface area contributed by atoms with Gasteiger partial charge < -0.3 is 52.5 Å². The van der Waals surface area contributed by atoms with Crippen molar-refractivity contribution in [1.29, 1.82) is 0 Å². The second-order valence-electron chi connectivity index (χ2n) is 0.447. The molecule has 88 valence electrons. The van der Waals surface area contributed by atoms with Gasteiger partial charge in [-0.25, -0.2) is 0 Å². The van der Waals surface area contributed by atoms with Gasteiger partial charge in [0, 0.05) is 0 Å². The van der Waals surface area contributed by atoms with Crippen molar-refractivity contribution < 1.29 is 48.6 Å². The molecule has 0 aromatic rings. The van der Waals surface area contributed by atoms with E-state index in [-0.39, 0.29) is 38.4 Å². The zero-order chi connectivity index (χ0) is 7.15. The van der Waals surface area contributed by atoms with Gasteiger partial charge >= 0.3 is 16.5 Å². The molecule has 0 bridgehead atoms. The fourth-order valence-corrected chi connectivity index (χ4v) is 0. The minimum Gasteiger partial charge on any atom is -0.457 e. The Labute approximate surface area is 80.2 Å². The van der Waals surface area contributed by atoms with E-state index in [1.165, 1.54) is 0 Å². The van der Waals surface area contributed by atoms with E-state index in [1.807, 2.05) is 0 Å². The van der Waals surface area contributed by atoms with Crippen LogP contribution in [0.4, 0.5) is 0 Å². The summed E-state index contributed by atoms with van der Waals surface area (Å²) in [6.45, 7) is 0. The van der Waals surface area contributed by atoms with Crippen molar-refractivity contribution in [3.63, 3.8) is 0 Å². The molecular weight excluding hydrogens is 247 g/mol. The Morgan fingerprint density at radius 3 is 0.615 bits per heavy atom. The van der Waals surface area contributed by atoms with Crippen molar-refractivity contribution >= 4 is 0 Å². The van der Waals surface area contributed by atoms with Crippen LogP contribution >= 0.6 is 0 Å². The summed E-state index contributed by atoms with van der Waals surface area (Å²) in [5.74, 6) is 0. The molecule has 0 unspecified atom stereocenters. The maximum Gasteiger partial charge on any atom is 2.00 e. The monoisotopic (exact) mass is 258 g/mol. The van der Waals surface area contributed by atoms with Crippen molar-refractivity contribution in [3.05, 3.63) is 30.6 Å². The third-order valence-corrected chi connectivity index (χ3v) is 0. The molecule has 0 aliphatic heterocycles. The maximum atomic E-state index is 8.25. The van der Waals surface area contributed by atoms with E-state index in [4.69, 9.17) is 30.6 Å². The Hall–Kier alpha value is -1.27. The molecule has 0 amide bonds. The second-order valence-corrected chi connectivity index (χ2v) is 0.447. The van der Waals surface area contributed by atoms with Crippen LogP contribution in [0.25, 0.3) is 0 Å². The summed E-state index contributed by atoms with van der Waals surface area (Å²) in [5, 5.41) is 29.5. The Morgan fingerprint density at radius 2 is 0.615 bits per heavy atom. The van der Waals surface area contributed by atoms with Gasteiger partial charge in [-0.3, -0.25) is 0 Å². The largest absolute Gasteiger partial charge is 2.00 e. The van der Waals surface area contributed by atoms with Gasteiger partial charge in [0.25, 0.3) is 0 Å². The number of hydrogen-bond acceptors (Lipinski definition) is 6. The Bertz CT molecular complexity index is 70.9. The molecule has 13 heavy (non-hydrogen) atoms. The van der Waals surface area contributed by atoms with Crippen LogP contribution in [0.15, 0.2) is 0 Å². The van der Waals surface area contributed by atoms with Crippen molar-refractivity contribution in [2.75, 3.05) is 0 Å². The zero-order valence-electron chi connectivity index (χ0n) is 5.97. The summed E-state index contributed by atoms with van der Waals surface area (Å²) in [4.78, 5) is 16.5. The average molecular weight is 259 g/mol. The van der Waals surface area contributed by atoms with Crippen LogP contribution in [0.5, 0.6) is 0 Å². The molecule has 0 saturated carbocycles. The molecule has 0 rings (SSSR count). The zero-order valence-corrected chi connectivity index (χ0v) is 6.96. The third kappa shape index (κ3) is 510. The van der Waals surface area contributed by atoms with E-state index in [1.54, 1.807) is 0 Å². The summed E-state index contributed by atoms with van der Waals surface area (Å²) in [6.07, 6.45) is 0. The molecule has 0 spiro atoms. The van der Waals surface area contributed by atoms with E-state index < -0.39 is 10.2 Å². The molecule has 0 heterocycles. The Morgan fingerprint density at radius 1 is 0.615 bits per heavy atom. The van der Waals surface area contributed by atoms with Gasteiger partial charge in [-0.1, -0.05) is 0 Å². The standard InChI is InChI=1S/2NO3.Ni.4H2O/c2*2-1(3)4;;;;;/h;;;4*1H2/q2*-1;+2;;;;/p+4. The molecule has 0 atom stereocenters. The number of nitrogens with zero attached hydrogens (tertiary/aromatic N) is 2. The minimum absolute atomic E-state index is 0. The first-order chi connectivity index (χ1) is 3.46. The van der Waals surface area contributed by atoms with Crippen LogP contribution in [0.3, 0.4) is 0 Å². The first kappa shape index (κ1) is 60.3. The molecule has 0 aliphatic carbocycles. The number of hydrogen-bond donors (Lipinski definition) is 0. The van der Waals surface area contributed by atoms with Gasteiger partial charge in [0.05, 0.1) is 10.2 Å². The molecular formula is H12N2NiO10+4. The number of rotatable bonds is 0. The summed E-state index contributed by atoms with van der Waals surface area (Å²) < 4.78 is 0. The van der Waals surface area contributed by atoms with Gasteiger partial charge in [0.15, 0.2) is 0 Å². The molecule has 0 aliphatic rings. The molecule has 12 N–H and O–H groups in total. The fraction of sp³-hybridized carbons (Fsp3) is 0. The molecule has 0 aromatic carbocycles. The maximum absolute atomic E-state index is 8.25. The van der Waals surface area contributed by atoms with E-state index in [0.717, 1.165) is 0 Å². The van der Waals surface area contributed by atoms with Crippen LogP contribution in [0.2, 0.25) is 0 Å². The minimum atomic E-state index is -1.75. The molecule has 0 fully saturated rings. The summed E-state index contributed by atoms with van der Waals surface area (Å²) >= 11 is 0. The van der Waals surface area contributed by atoms with Gasteiger partial charge in [0.1, 0.15) is 0 Å². The SMILES string of the molecule is O=[N+]([O-])[O-].O=[N+]([O-])[O-].[Ni+2].[OH3+].[OH3+].[OH3+].[OH3+]. The summed E-state index contributed by atoms with van der Waals surface area (Å²) in [7, 11) is 0. The van der Waals surface area contributed by atoms with E-state index in [0.29, 0.717) is 0 Å². The molecule has 0 saturated heterocycles. The third-order valence-electron chi connectivity index (χ3n) is 0. The van der Waals surface area contributed by atoms with Gasteiger partial charge in [-0.2, -0.15) is 0 Å². The van der Waals surface area contributed by atoms with E-state index in [2.05, 4.69) is 0 Å². The summed E-state index contributed by atoms with van der Waals surface area (Å²) in [5.41, 5.74) is 0. The van der Waals surface area contributed by atoms with Crippen molar-refractivity contribution in [1.82, 2.24) is 0 Å². The van der Waals surface area contributed by atoms with E-state index >= 15 is 0 Å². The van der Waals surface area contributed by atoms with Crippen LogP contribution in [0, 0.1) is 30.6 Å². The quantitative estimate of drug-likeness (QED) is 0.180. The second kappa shape index (κ2) is 45.4. The molecule has 0 aromatic heterocycles. The van der Waals surface area contributed by atoms with Gasteiger partial charge in [0.2, 0.25) is 0 Å². The van der Waals surface area contributed by atoms with E-state index in [9.17, 15) is 0 Å². The molecule has 12 nitrogen and oxygen atoms in total. The van der Waals surface area contributed by atoms with Crippen molar-refractivity contribution in [2.45, 2.75) is 0 Å². The smallest absolute Gasteiger partial charge is 0.457 e. The van der Waals surface area contributed by atoms with Crippen LogP contribution in [0.1, 0.15) is 0 Å². The molecule has 13 heteroatoms. The van der Waals surface area contributed by atoms with Crippen LogP contribution in [-0.4, -0.2) is 10.2 Å².